The highest BCUT2D eigenvalue weighted by molar-refractivity contribution is 5.98. The average Bonchev–Trinajstić information content (AvgIpc) is 2.64. The zero-order valence-electron chi connectivity index (χ0n) is 13.5. The SMILES string of the molecule is COc1ccccc1C(=O)O/N=C(\N)c1ccc(OCC(N)=O)cc1. The van der Waals surface area contributed by atoms with Crippen LogP contribution >= 0.6 is 0 Å². The lowest BCUT2D eigenvalue weighted by Gasteiger charge is -2.06. The van der Waals surface area contributed by atoms with Crippen molar-refractivity contribution >= 4 is 17.7 Å². The molecular weight excluding hydrogens is 326 g/mol. The molecule has 0 unspecified atom stereocenters. The number of carbonyl (C=O) groups is 2. The van der Waals surface area contributed by atoms with E-state index in [9.17, 15) is 9.59 Å². The predicted molar refractivity (Wildman–Crippen MR) is 90.3 cm³/mol. The molecule has 0 heterocycles. The van der Waals surface area contributed by atoms with Crippen LogP contribution < -0.4 is 20.9 Å². The van der Waals surface area contributed by atoms with Crippen LogP contribution in [0, 0.1) is 0 Å². The molecule has 0 saturated carbocycles. The van der Waals surface area contributed by atoms with Gasteiger partial charge in [-0.2, -0.15) is 0 Å². The zero-order valence-corrected chi connectivity index (χ0v) is 13.5. The summed E-state index contributed by atoms with van der Waals surface area (Å²) in [4.78, 5) is 27.5. The molecule has 130 valence electrons. The number of para-hydroxylation sites is 1. The van der Waals surface area contributed by atoms with Gasteiger partial charge >= 0.3 is 5.97 Å². The molecule has 0 aliphatic heterocycles. The molecule has 0 saturated heterocycles. The molecule has 8 heteroatoms. The van der Waals surface area contributed by atoms with Gasteiger partial charge in [0.1, 0.15) is 17.1 Å². The summed E-state index contributed by atoms with van der Waals surface area (Å²) in [5, 5.41) is 3.62. The number of oxime groups is 1. The molecule has 0 bridgehead atoms. The van der Waals surface area contributed by atoms with Gasteiger partial charge in [0.15, 0.2) is 12.4 Å². The Bertz CT molecular complexity index is 787. The third kappa shape index (κ3) is 4.96. The number of primary amides is 1. The first-order valence-corrected chi connectivity index (χ1v) is 7.20. The van der Waals surface area contributed by atoms with E-state index in [1.807, 2.05) is 0 Å². The van der Waals surface area contributed by atoms with Crippen molar-refractivity contribution in [3.05, 3.63) is 59.7 Å². The van der Waals surface area contributed by atoms with Crippen LogP contribution in [-0.4, -0.2) is 31.4 Å². The summed E-state index contributed by atoms with van der Waals surface area (Å²) in [6, 6.07) is 13.0. The quantitative estimate of drug-likeness (QED) is 0.335. The van der Waals surface area contributed by atoms with E-state index < -0.39 is 11.9 Å². The van der Waals surface area contributed by atoms with Crippen molar-refractivity contribution in [2.75, 3.05) is 13.7 Å². The number of rotatable bonds is 7. The van der Waals surface area contributed by atoms with Crippen molar-refractivity contribution in [3.63, 3.8) is 0 Å². The first-order chi connectivity index (χ1) is 12.0. The molecule has 1 amide bonds. The standard InChI is InChI=1S/C17H17N3O5/c1-23-14-5-3-2-4-13(14)17(22)25-20-16(19)11-6-8-12(9-7-11)24-10-15(18)21/h2-9H,10H2,1H3,(H2,18,21)(H2,19,20). The van der Waals surface area contributed by atoms with Crippen LogP contribution in [0.1, 0.15) is 15.9 Å². The fourth-order valence-corrected chi connectivity index (χ4v) is 1.88. The van der Waals surface area contributed by atoms with Gasteiger partial charge in [-0.15, -0.1) is 0 Å². The largest absolute Gasteiger partial charge is 0.496 e. The Labute approximate surface area is 144 Å². The Balaban J connectivity index is 2.03. The first-order valence-electron chi connectivity index (χ1n) is 7.20. The van der Waals surface area contributed by atoms with E-state index >= 15 is 0 Å². The van der Waals surface area contributed by atoms with Crippen LogP contribution in [0.25, 0.3) is 0 Å². The lowest BCUT2D eigenvalue weighted by molar-refractivity contribution is -0.119. The Morgan fingerprint density at radius 1 is 1.04 bits per heavy atom. The molecule has 0 atom stereocenters. The van der Waals surface area contributed by atoms with Crippen LogP contribution in [0.2, 0.25) is 0 Å². The molecule has 0 fully saturated rings. The number of ether oxygens (including phenoxy) is 2. The van der Waals surface area contributed by atoms with Crippen LogP contribution in [0.15, 0.2) is 53.7 Å². The van der Waals surface area contributed by atoms with Gasteiger partial charge in [-0.25, -0.2) is 4.79 Å². The third-order valence-electron chi connectivity index (χ3n) is 3.08. The number of nitrogens with zero attached hydrogens (tertiary/aromatic N) is 1. The minimum Gasteiger partial charge on any atom is -0.496 e. The van der Waals surface area contributed by atoms with Gasteiger partial charge in [-0.1, -0.05) is 17.3 Å². The highest BCUT2D eigenvalue weighted by atomic mass is 16.7. The van der Waals surface area contributed by atoms with Crippen molar-refractivity contribution in [3.8, 4) is 11.5 Å². The fraction of sp³-hybridized carbons (Fsp3) is 0.118. The van der Waals surface area contributed by atoms with Crippen LogP contribution in [0.3, 0.4) is 0 Å². The maximum atomic E-state index is 12.0. The topological polar surface area (TPSA) is 126 Å². The van der Waals surface area contributed by atoms with Gasteiger partial charge in [0.2, 0.25) is 0 Å². The molecule has 0 aromatic heterocycles. The molecule has 0 aliphatic carbocycles. The second-order valence-electron chi connectivity index (χ2n) is 4.83. The number of amides is 1. The minimum absolute atomic E-state index is 0.00435. The predicted octanol–water partition coefficient (Wildman–Crippen LogP) is 1.04. The lowest BCUT2D eigenvalue weighted by Crippen LogP contribution is -2.20. The molecule has 4 N–H and O–H groups in total. The highest BCUT2D eigenvalue weighted by Crippen LogP contribution is 2.18. The van der Waals surface area contributed by atoms with Crippen molar-refractivity contribution < 1.29 is 23.9 Å². The Kier molecular flexibility index (Phi) is 5.94. The number of hydrogen-bond donors (Lipinski definition) is 2. The molecule has 0 spiro atoms. The van der Waals surface area contributed by atoms with Crippen LogP contribution in [0.5, 0.6) is 11.5 Å². The van der Waals surface area contributed by atoms with Gasteiger partial charge in [0.25, 0.3) is 5.91 Å². The zero-order chi connectivity index (χ0) is 18.2. The van der Waals surface area contributed by atoms with Crippen molar-refractivity contribution in [2.45, 2.75) is 0 Å². The molecule has 8 nitrogen and oxygen atoms in total. The Morgan fingerprint density at radius 3 is 2.36 bits per heavy atom. The second kappa shape index (κ2) is 8.34. The van der Waals surface area contributed by atoms with Gasteiger partial charge in [0.05, 0.1) is 7.11 Å². The second-order valence-corrected chi connectivity index (χ2v) is 4.83. The maximum absolute atomic E-state index is 12.0. The lowest BCUT2D eigenvalue weighted by atomic mass is 10.2. The number of amidine groups is 1. The molecular formula is C17H17N3O5. The minimum atomic E-state index is -0.693. The summed E-state index contributed by atoms with van der Waals surface area (Å²) in [7, 11) is 1.45. The van der Waals surface area contributed by atoms with Gasteiger partial charge in [-0.3, -0.25) is 4.79 Å². The van der Waals surface area contributed by atoms with Crippen LogP contribution in [0.4, 0.5) is 0 Å². The summed E-state index contributed by atoms with van der Waals surface area (Å²) in [6.07, 6.45) is 0. The third-order valence-corrected chi connectivity index (χ3v) is 3.08. The van der Waals surface area contributed by atoms with Gasteiger partial charge in [0, 0.05) is 5.56 Å². The van der Waals surface area contributed by atoms with E-state index in [1.54, 1.807) is 48.5 Å². The van der Waals surface area contributed by atoms with E-state index in [-0.39, 0.29) is 18.0 Å². The maximum Gasteiger partial charge on any atom is 0.369 e. The van der Waals surface area contributed by atoms with Crippen LogP contribution in [-0.2, 0) is 9.63 Å². The molecule has 0 radical (unpaired) electrons. The normalized spacial score (nSPS) is 10.8. The smallest absolute Gasteiger partial charge is 0.369 e. The van der Waals surface area contributed by atoms with E-state index in [0.717, 1.165) is 0 Å². The number of methoxy groups -OCH3 is 1. The van der Waals surface area contributed by atoms with E-state index in [1.165, 1.54) is 7.11 Å². The summed E-state index contributed by atoms with van der Waals surface area (Å²) < 4.78 is 10.2. The molecule has 2 aromatic carbocycles. The Hall–Kier alpha value is -3.55. The molecule has 2 rings (SSSR count). The highest BCUT2D eigenvalue weighted by Gasteiger charge is 2.13. The number of benzene rings is 2. The van der Waals surface area contributed by atoms with Crippen molar-refractivity contribution in [1.82, 2.24) is 0 Å². The molecule has 2 aromatic rings. The van der Waals surface area contributed by atoms with E-state index in [0.29, 0.717) is 17.1 Å². The molecule has 0 aliphatic rings. The summed E-state index contributed by atoms with van der Waals surface area (Å²) in [5.74, 6) is -0.446. The Morgan fingerprint density at radius 2 is 1.72 bits per heavy atom. The number of hydrogen-bond acceptors (Lipinski definition) is 6. The van der Waals surface area contributed by atoms with Gasteiger partial charge < -0.3 is 25.8 Å². The summed E-state index contributed by atoms with van der Waals surface area (Å²) in [5.41, 5.74) is 11.5. The summed E-state index contributed by atoms with van der Waals surface area (Å²) in [6.45, 7) is -0.223. The number of nitrogens with two attached hydrogens (primary N) is 2. The van der Waals surface area contributed by atoms with Crippen molar-refractivity contribution in [2.24, 2.45) is 16.6 Å². The fourth-order valence-electron chi connectivity index (χ4n) is 1.88. The first kappa shape index (κ1) is 17.8. The average molecular weight is 343 g/mol. The van der Waals surface area contributed by atoms with Crippen molar-refractivity contribution in [1.29, 1.82) is 0 Å². The van der Waals surface area contributed by atoms with Gasteiger partial charge in [-0.05, 0) is 36.4 Å². The summed E-state index contributed by atoms with van der Waals surface area (Å²) >= 11 is 0. The van der Waals surface area contributed by atoms with E-state index in [4.69, 9.17) is 25.8 Å². The monoisotopic (exact) mass is 343 g/mol. The van der Waals surface area contributed by atoms with E-state index in [2.05, 4.69) is 5.16 Å². The molecule has 25 heavy (non-hydrogen) atoms. The number of carbonyl (C=O) groups excluding carboxylic acids is 2.